The van der Waals surface area contributed by atoms with Gasteiger partial charge in [0.1, 0.15) is 12.4 Å². The maximum absolute atomic E-state index is 5.82. The molecule has 2 aromatic rings. The molecule has 0 spiro atoms. The van der Waals surface area contributed by atoms with Crippen molar-refractivity contribution in [2.24, 2.45) is 0 Å². The molecule has 1 aromatic heterocycles. The lowest BCUT2D eigenvalue weighted by Gasteiger charge is -2.16. The first-order valence-corrected chi connectivity index (χ1v) is 7.61. The molecule has 3 heteroatoms. The molecule has 0 aliphatic rings. The molecule has 1 aromatic carbocycles. The molecular formula is C18H24N2O. The zero-order chi connectivity index (χ0) is 15.1. The average Bonchev–Trinajstić information content (AvgIpc) is 2.52. The molecular weight excluding hydrogens is 260 g/mol. The predicted octanol–water partition coefficient (Wildman–Crippen LogP) is 4.03. The van der Waals surface area contributed by atoms with E-state index in [-0.39, 0.29) is 0 Å². The number of benzene rings is 1. The van der Waals surface area contributed by atoms with Gasteiger partial charge in [0.05, 0.1) is 5.69 Å². The first kappa shape index (κ1) is 15.5. The highest BCUT2D eigenvalue weighted by atomic mass is 16.5. The van der Waals surface area contributed by atoms with Gasteiger partial charge in [-0.15, -0.1) is 0 Å². The smallest absolute Gasteiger partial charge is 0.130 e. The van der Waals surface area contributed by atoms with Crippen molar-refractivity contribution in [2.75, 3.05) is 6.54 Å². The molecule has 1 heterocycles. The van der Waals surface area contributed by atoms with Gasteiger partial charge < -0.3 is 10.1 Å². The van der Waals surface area contributed by atoms with E-state index in [0.717, 1.165) is 30.0 Å². The summed E-state index contributed by atoms with van der Waals surface area (Å²) in [5.74, 6) is 0.884. The van der Waals surface area contributed by atoms with Crippen LogP contribution < -0.4 is 10.1 Å². The molecule has 0 aliphatic carbocycles. The maximum atomic E-state index is 5.82. The number of pyridine rings is 1. The second kappa shape index (κ2) is 7.79. The molecule has 112 valence electrons. The number of hydrogen-bond donors (Lipinski definition) is 1. The van der Waals surface area contributed by atoms with Crippen LogP contribution in [-0.4, -0.2) is 11.5 Å². The minimum absolute atomic E-state index is 0.419. The monoisotopic (exact) mass is 284 g/mol. The third-order valence-corrected chi connectivity index (χ3v) is 3.63. The molecule has 2 rings (SSSR count). The maximum Gasteiger partial charge on any atom is 0.130 e. The Morgan fingerprint density at radius 2 is 1.90 bits per heavy atom. The van der Waals surface area contributed by atoms with E-state index in [0.29, 0.717) is 12.6 Å². The molecule has 1 N–H and O–H groups in total. The van der Waals surface area contributed by atoms with Crippen LogP contribution in [0, 0.1) is 6.92 Å². The summed E-state index contributed by atoms with van der Waals surface area (Å²) in [5.41, 5.74) is 3.45. The van der Waals surface area contributed by atoms with Crippen LogP contribution in [0.5, 0.6) is 5.75 Å². The van der Waals surface area contributed by atoms with Crippen LogP contribution in [0.3, 0.4) is 0 Å². The highest BCUT2D eigenvalue weighted by Crippen LogP contribution is 2.21. The van der Waals surface area contributed by atoms with Crippen molar-refractivity contribution in [2.45, 2.75) is 39.8 Å². The lowest BCUT2D eigenvalue weighted by molar-refractivity contribution is 0.300. The van der Waals surface area contributed by atoms with E-state index >= 15 is 0 Å². The second-order valence-electron chi connectivity index (χ2n) is 5.14. The summed E-state index contributed by atoms with van der Waals surface area (Å²) in [5, 5.41) is 3.48. The summed E-state index contributed by atoms with van der Waals surface area (Å²) < 4.78 is 5.82. The predicted molar refractivity (Wildman–Crippen MR) is 86.5 cm³/mol. The summed E-state index contributed by atoms with van der Waals surface area (Å²) in [6.45, 7) is 7.88. The van der Waals surface area contributed by atoms with Crippen molar-refractivity contribution < 1.29 is 4.74 Å². The van der Waals surface area contributed by atoms with Gasteiger partial charge in [0.25, 0.3) is 0 Å². The van der Waals surface area contributed by atoms with E-state index < -0.39 is 0 Å². The second-order valence-corrected chi connectivity index (χ2v) is 5.14. The van der Waals surface area contributed by atoms with Crippen LogP contribution in [0.2, 0.25) is 0 Å². The number of ether oxygens (including phenoxy) is 1. The Hall–Kier alpha value is -1.87. The molecule has 1 unspecified atom stereocenters. The van der Waals surface area contributed by atoms with Gasteiger partial charge in [0.2, 0.25) is 0 Å². The van der Waals surface area contributed by atoms with Gasteiger partial charge in [-0.2, -0.15) is 0 Å². The number of aryl methyl sites for hydroxylation is 1. The molecule has 21 heavy (non-hydrogen) atoms. The van der Waals surface area contributed by atoms with E-state index in [1.807, 2.05) is 18.2 Å². The SMILES string of the molecule is CCNC(CC)c1ccc(OCc2ncccc2C)cc1. The van der Waals surface area contributed by atoms with Gasteiger partial charge in [-0.25, -0.2) is 0 Å². The first-order valence-electron chi connectivity index (χ1n) is 7.61. The van der Waals surface area contributed by atoms with Gasteiger partial charge in [-0.1, -0.05) is 32.0 Å². The Labute approximate surface area is 127 Å². The van der Waals surface area contributed by atoms with E-state index in [1.54, 1.807) is 6.20 Å². The summed E-state index contributed by atoms with van der Waals surface area (Å²) >= 11 is 0. The van der Waals surface area contributed by atoms with Gasteiger partial charge in [0.15, 0.2) is 0 Å². The Morgan fingerprint density at radius 3 is 2.52 bits per heavy atom. The van der Waals surface area contributed by atoms with Crippen molar-refractivity contribution in [3.05, 3.63) is 59.4 Å². The number of hydrogen-bond acceptors (Lipinski definition) is 3. The molecule has 0 saturated carbocycles. The largest absolute Gasteiger partial charge is 0.487 e. The third kappa shape index (κ3) is 4.30. The van der Waals surface area contributed by atoms with Crippen LogP contribution >= 0.6 is 0 Å². The molecule has 0 bridgehead atoms. The van der Waals surface area contributed by atoms with Crippen LogP contribution in [0.4, 0.5) is 0 Å². The number of nitrogens with zero attached hydrogens (tertiary/aromatic N) is 1. The van der Waals surface area contributed by atoms with Crippen LogP contribution in [0.1, 0.15) is 43.1 Å². The average molecular weight is 284 g/mol. The standard InChI is InChI=1S/C18H24N2O/c1-4-17(19-5-2)15-8-10-16(11-9-15)21-13-18-14(3)7-6-12-20-18/h6-12,17,19H,4-5,13H2,1-3H3. The van der Waals surface area contributed by atoms with Crippen LogP contribution in [-0.2, 0) is 6.61 Å². The lowest BCUT2D eigenvalue weighted by atomic mass is 10.0. The fraction of sp³-hybridized carbons (Fsp3) is 0.389. The minimum atomic E-state index is 0.419. The fourth-order valence-corrected chi connectivity index (χ4v) is 2.36. The highest BCUT2D eigenvalue weighted by Gasteiger charge is 2.07. The van der Waals surface area contributed by atoms with Crippen molar-refractivity contribution >= 4 is 0 Å². The molecule has 0 saturated heterocycles. The normalized spacial score (nSPS) is 12.1. The van der Waals surface area contributed by atoms with Gasteiger partial charge in [0, 0.05) is 12.2 Å². The van der Waals surface area contributed by atoms with Crippen molar-refractivity contribution in [3.8, 4) is 5.75 Å². The lowest BCUT2D eigenvalue weighted by Crippen LogP contribution is -2.19. The quantitative estimate of drug-likeness (QED) is 0.833. The van der Waals surface area contributed by atoms with Crippen LogP contribution in [0.25, 0.3) is 0 Å². The molecule has 0 aliphatic heterocycles. The molecule has 0 radical (unpaired) electrons. The van der Waals surface area contributed by atoms with Crippen LogP contribution in [0.15, 0.2) is 42.6 Å². The van der Waals surface area contributed by atoms with E-state index in [9.17, 15) is 0 Å². The molecule has 1 atom stereocenters. The van der Waals surface area contributed by atoms with Gasteiger partial charge in [-0.3, -0.25) is 4.98 Å². The van der Waals surface area contributed by atoms with E-state index in [2.05, 4.69) is 49.3 Å². The Balaban J connectivity index is 1.98. The van der Waals surface area contributed by atoms with E-state index in [4.69, 9.17) is 4.74 Å². The summed E-state index contributed by atoms with van der Waals surface area (Å²) in [4.78, 5) is 4.34. The highest BCUT2D eigenvalue weighted by molar-refractivity contribution is 5.29. The zero-order valence-electron chi connectivity index (χ0n) is 13.1. The third-order valence-electron chi connectivity index (χ3n) is 3.63. The number of rotatable bonds is 7. The molecule has 0 amide bonds. The minimum Gasteiger partial charge on any atom is -0.487 e. The van der Waals surface area contributed by atoms with Crippen molar-refractivity contribution in [1.29, 1.82) is 0 Å². The number of nitrogens with one attached hydrogen (secondary N) is 1. The fourth-order valence-electron chi connectivity index (χ4n) is 2.36. The van der Waals surface area contributed by atoms with E-state index in [1.165, 1.54) is 5.56 Å². The zero-order valence-corrected chi connectivity index (χ0v) is 13.1. The summed E-state index contributed by atoms with van der Waals surface area (Å²) in [6.07, 6.45) is 2.89. The number of aromatic nitrogens is 1. The summed E-state index contributed by atoms with van der Waals surface area (Å²) in [7, 11) is 0. The Morgan fingerprint density at radius 1 is 1.14 bits per heavy atom. The van der Waals surface area contributed by atoms with Gasteiger partial charge >= 0.3 is 0 Å². The molecule has 0 fully saturated rings. The van der Waals surface area contributed by atoms with Gasteiger partial charge in [-0.05, 0) is 49.2 Å². The topological polar surface area (TPSA) is 34.1 Å². The Bertz CT molecular complexity index is 551. The van der Waals surface area contributed by atoms with Crippen molar-refractivity contribution in [3.63, 3.8) is 0 Å². The molecule has 3 nitrogen and oxygen atoms in total. The summed E-state index contributed by atoms with van der Waals surface area (Å²) in [6, 6.07) is 12.8. The Kier molecular flexibility index (Phi) is 5.76. The first-order chi connectivity index (χ1) is 10.2. The van der Waals surface area contributed by atoms with Crippen molar-refractivity contribution in [1.82, 2.24) is 10.3 Å².